The van der Waals surface area contributed by atoms with Gasteiger partial charge in [0, 0.05) is 61.3 Å². The van der Waals surface area contributed by atoms with Gasteiger partial charge in [-0.2, -0.15) is 0 Å². The number of ether oxygens (including phenoxy) is 5. The van der Waals surface area contributed by atoms with Crippen LogP contribution in [0.1, 0.15) is 27.0 Å². The monoisotopic (exact) mass is 659 g/mol. The van der Waals surface area contributed by atoms with Gasteiger partial charge in [0.25, 0.3) is 0 Å². The summed E-state index contributed by atoms with van der Waals surface area (Å²) in [5.41, 5.74) is 2.46. The van der Waals surface area contributed by atoms with E-state index in [1.165, 1.54) is 21.1 Å². The van der Waals surface area contributed by atoms with E-state index in [0.717, 1.165) is 0 Å². The quantitative estimate of drug-likeness (QED) is 0.190. The SMILES string of the molecule is C=CN(CCOC(=O)NC)c1ccc2c(c1)Oc1cc(N(CCOC(=O)NC)CCOC(=O)NC)ccc1C21OC(=O)c2ccccc21. The summed E-state index contributed by atoms with van der Waals surface area (Å²) in [5.74, 6) is 0.410. The lowest BCUT2D eigenvalue weighted by Crippen LogP contribution is -2.35. The van der Waals surface area contributed by atoms with Crippen LogP contribution in [0.25, 0.3) is 0 Å². The molecule has 2 aliphatic heterocycles. The van der Waals surface area contributed by atoms with Crippen LogP contribution in [-0.2, 0) is 24.5 Å². The molecule has 1 unspecified atom stereocenters. The van der Waals surface area contributed by atoms with E-state index in [1.807, 2.05) is 53.4 Å². The lowest BCUT2D eigenvalue weighted by Gasteiger charge is -2.37. The lowest BCUT2D eigenvalue weighted by molar-refractivity contribution is 0.0224. The van der Waals surface area contributed by atoms with Crippen molar-refractivity contribution in [3.8, 4) is 11.5 Å². The number of rotatable bonds is 12. The number of hydrogen-bond acceptors (Lipinski definition) is 11. The summed E-state index contributed by atoms with van der Waals surface area (Å²) in [4.78, 5) is 52.0. The molecule has 0 bridgehead atoms. The zero-order chi connectivity index (χ0) is 34.3. The van der Waals surface area contributed by atoms with Crippen LogP contribution in [0, 0.1) is 0 Å². The Morgan fingerprint density at radius 3 is 1.83 bits per heavy atom. The molecule has 2 aliphatic rings. The van der Waals surface area contributed by atoms with E-state index >= 15 is 0 Å². The topological polar surface area (TPSA) is 157 Å². The van der Waals surface area contributed by atoms with Crippen molar-refractivity contribution in [1.29, 1.82) is 0 Å². The summed E-state index contributed by atoms with van der Waals surface area (Å²) < 4.78 is 28.5. The van der Waals surface area contributed by atoms with Gasteiger partial charge in [0.15, 0.2) is 5.60 Å². The predicted octanol–water partition coefficient (Wildman–Crippen LogP) is 4.08. The van der Waals surface area contributed by atoms with Gasteiger partial charge < -0.3 is 49.4 Å². The maximum Gasteiger partial charge on any atom is 0.406 e. The average Bonchev–Trinajstić information content (AvgIpc) is 3.40. The largest absolute Gasteiger partial charge is 0.456 e. The molecule has 0 aliphatic carbocycles. The van der Waals surface area contributed by atoms with Gasteiger partial charge in [-0.3, -0.25) is 0 Å². The van der Waals surface area contributed by atoms with Crippen molar-refractivity contribution in [1.82, 2.24) is 16.0 Å². The number of anilines is 2. The maximum atomic E-state index is 13.3. The Hall–Kier alpha value is -5.92. The Morgan fingerprint density at radius 2 is 1.27 bits per heavy atom. The second-order valence-corrected chi connectivity index (χ2v) is 10.6. The summed E-state index contributed by atoms with van der Waals surface area (Å²) in [6, 6.07) is 18.3. The minimum Gasteiger partial charge on any atom is -0.456 e. The van der Waals surface area contributed by atoms with Crippen molar-refractivity contribution in [3.63, 3.8) is 0 Å². The van der Waals surface area contributed by atoms with Crippen LogP contribution in [0.5, 0.6) is 11.5 Å². The summed E-state index contributed by atoms with van der Waals surface area (Å²) in [7, 11) is 4.42. The number of nitrogens with one attached hydrogen (secondary N) is 3. The summed E-state index contributed by atoms with van der Waals surface area (Å²) in [6.45, 7) is 5.00. The number of fused-ring (bicyclic) bond motifs is 6. The van der Waals surface area contributed by atoms with Gasteiger partial charge in [0.05, 0.1) is 25.2 Å². The molecule has 5 rings (SSSR count). The Morgan fingerprint density at radius 1 is 0.750 bits per heavy atom. The van der Waals surface area contributed by atoms with E-state index in [0.29, 0.717) is 51.7 Å². The first-order chi connectivity index (χ1) is 23.2. The minimum absolute atomic E-state index is 0.0553. The van der Waals surface area contributed by atoms with Gasteiger partial charge in [-0.05, 0) is 36.5 Å². The first-order valence-corrected chi connectivity index (χ1v) is 15.2. The third kappa shape index (κ3) is 6.63. The molecule has 0 saturated heterocycles. The van der Waals surface area contributed by atoms with Gasteiger partial charge in [0.1, 0.15) is 31.3 Å². The summed E-state index contributed by atoms with van der Waals surface area (Å²) >= 11 is 0. The van der Waals surface area contributed by atoms with Crippen molar-refractivity contribution < 1.29 is 42.9 Å². The zero-order valence-corrected chi connectivity index (χ0v) is 26.9. The fraction of sp³-hybridized carbons (Fsp3) is 0.294. The molecule has 2 heterocycles. The highest BCUT2D eigenvalue weighted by Gasteiger charge is 2.53. The molecule has 252 valence electrons. The van der Waals surface area contributed by atoms with E-state index in [-0.39, 0.29) is 32.9 Å². The highest BCUT2D eigenvalue weighted by Crippen LogP contribution is 2.57. The normalized spacial score (nSPS) is 15.0. The predicted molar refractivity (Wildman–Crippen MR) is 176 cm³/mol. The molecule has 1 atom stereocenters. The van der Waals surface area contributed by atoms with E-state index in [4.69, 9.17) is 23.7 Å². The molecule has 0 saturated carbocycles. The van der Waals surface area contributed by atoms with Crippen molar-refractivity contribution in [2.75, 3.05) is 70.4 Å². The number of amides is 3. The van der Waals surface area contributed by atoms with Crippen LogP contribution >= 0.6 is 0 Å². The summed E-state index contributed by atoms with van der Waals surface area (Å²) in [6.07, 6.45) is -0.0759. The molecule has 14 heteroatoms. The van der Waals surface area contributed by atoms with Crippen LogP contribution in [0.4, 0.5) is 25.8 Å². The van der Waals surface area contributed by atoms with Crippen LogP contribution in [0.3, 0.4) is 0 Å². The highest BCUT2D eigenvalue weighted by atomic mass is 16.6. The standard InChI is InChI=1S/C34H37N5O9/c1-5-38(14-17-44-31(41)35-2)22-10-12-26-28(20-22)47-29-21-23(39(15-18-45-32(42)36-3)16-19-46-33(43)37-4)11-13-27(29)34(26)25-9-7-6-8-24(25)30(40)48-34/h5-13,20-21H,1,14-19H2,2-4H3,(H,35,41)(H,36,42)(H,37,43). The Bertz CT molecular complexity index is 1690. The van der Waals surface area contributed by atoms with Crippen LogP contribution in [-0.4, -0.2) is 84.8 Å². The highest BCUT2D eigenvalue weighted by molar-refractivity contribution is 5.97. The smallest absolute Gasteiger partial charge is 0.406 e. The molecule has 48 heavy (non-hydrogen) atoms. The number of esters is 1. The van der Waals surface area contributed by atoms with E-state index in [9.17, 15) is 19.2 Å². The molecule has 3 amide bonds. The third-order valence-electron chi connectivity index (χ3n) is 7.96. The van der Waals surface area contributed by atoms with Crippen LogP contribution < -0.4 is 30.5 Å². The van der Waals surface area contributed by atoms with Crippen LogP contribution in [0.2, 0.25) is 0 Å². The lowest BCUT2D eigenvalue weighted by atomic mass is 9.77. The van der Waals surface area contributed by atoms with E-state index in [1.54, 1.807) is 23.2 Å². The fourth-order valence-electron chi connectivity index (χ4n) is 5.67. The molecule has 0 fully saturated rings. The molecule has 14 nitrogen and oxygen atoms in total. The molecule has 3 aromatic rings. The maximum absolute atomic E-state index is 13.3. The molecule has 3 aromatic carbocycles. The minimum atomic E-state index is -1.30. The Kier molecular flexibility index (Phi) is 10.2. The van der Waals surface area contributed by atoms with Gasteiger partial charge in [0.2, 0.25) is 0 Å². The van der Waals surface area contributed by atoms with E-state index in [2.05, 4.69) is 22.5 Å². The van der Waals surface area contributed by atoms with Crippen molar-refractivity contribution >= 4 is 35.6 Å². The number of carbonyl (C=O) groups excluding carboxylic acids is 4. The number of nitrogens with zero attached hydrogens (tertiary/aromatic N) is 2. The van der Waals surface area contributed by atoms with Crippen molar-refractivity contribution in [2.24, 2.45) is 0 Å². The van der Waals surface area contributed by atoms with Crippen molar-refractivity contribution in [3.05, 3.63) is 95.7 Å². The molecule has 1 spiro atoms. The third-order valence-corrected chi connectivity index (χ3v) is 7.96. The van der Waals surface area contributed by atoms with Crippen LogP contribution in [0.15, 0.2) is 73.4 Å². The number of carbonyl (C=O) groups is 4. The van der Waals surface area contributed by atoms with Gasteiger partial charge in [-0.15, -0.1) is 0 Å². The van der Waals surface area contributed by atoms with Gasteiger partial charge in [-0.25, -0.2) is 19.2 Å². The Labute approximate surface area is 277 Å². The molecule has 0 radical (unpaired) electrons. The number of benzene rings is 3. The van der Waals surface area contributed by atoms with E-state index < -0.39 is 29.9 Å². The average molecular weight is 660 g/mol. The molecular weight excluding hydrogens is 622 g/mol. The zero-order valence-electron chi connectivity index (χ0n) is 26.9. The fourth-order valence-corrected chi connectivity index (χ4v) is 5.67. The first-order valence-electron chi connectivity index (χ1n) is 15.2. The first kappa shape index (κ1) is 33.4. The molecular formula is C34H37N5O9. The number of alkyl carbamates (subject to hydrolysis) is 3. The van der Waals surface area contributed by atoms with Gasteiger partial charge >= 0.3 is 24.2 Å². The number of hydrogen-bond donors (Lipinski definition) is 3. The second-order valence-electron chi connectivity index (χ2n) is 10.6. The van der Waals surface area contributed by atoms with Gasteiger partial charge in [-0.1, -0.05) is 24.8 Å². The summed E-state index contributed by atoms with van der Waals surface area (Å²) in [5, 5.41) is 7.25. The Balaban J connectivity index is 1.55. The van der Waals surface area contributed by atoms with Crippen molar-refractivity contribution in [2.45, 2.75) is 5.60 Å². The molecule has 0 aromatic heterocycles. The second kappa shape index (κ2) is 14.7. The molecule has 3 N–H and O–H groups in total.